The van der Waals surface area contributed by atoms with Crippen molar-refractivity contribution in [1.29, 1.82) is 0 Å². The molecule has 4 rings (SSSR count). The summed E-state index contributed by atoms with van der Waals surface area (Å²) in [6, 6.07) is 18.9. The van der Waals surface area contributed by atoms with Crippen LogP contribution in [0.3, 0.4) is 0 Å². The van der Waals surface area contributed by atoms with Crippen molar-refractivity contribution < 1.29 is 19.0 Å². The number of amides is 1. The fourth-order valence-electron chi connectivity index (χ4n) is 3.45. The van der Waals surface area contributed by atoms with Gasteiger partial charge in [-0.15, -0.1) is 0 Å². The van der Waals surface area contributed by atoms with E-state index >= 15 is 0 Å². The number of carbonyl (C=O) groups excluding carboxylic acids is 1. The summed E-state index contributed by atoms with van der Waals surface area (Å²) in [5.41, 5.74) is 4.22. The van der Waals surface area contributed by atoms with Crippen molar-refractivity contribution in [3.8, 4) is 22.9 Å². The lowest BCUT2D eigenvalue weighted by molar-refractivity contribution is 0.0950. The number of nitrogens with zero attached hydrogens (tertiary/aromatic N) is 2. The number of fused-ring (bicyclic) bond motifs is 1. The monoisotopic (exact) mass is 417 g/mol. The lowest BCUT2D eigenvalue weighted by Crippen LogP contribution is -2.23. The van der Waals surface area contributed by atoms with Crippen LogP contribution in [0.15, 0.2) is 67.0 Å². The molecular formula is C24H23N3O4. The summed E-state index contributed by atoms with van der Waals surface area (Å²) < 4.78 is 18.1. The third-order valence-electron chi connectivity index (χ3n) is 5.09. The number of aromatic nitrogens is 2. The Bertz CT molecular complexity index is 1220. The number of para-hydroxylation sites is 2. The first-order valence-electron chi connectivity index (χ1n) is 9.74. The van der Waals surface area contributed by atoms with E-state index in [1.54, 1.807) is 51.9 Å². The zero-order valence-corrected chi connectivity index (χ0v) is 17.6. The molecule has 0 bridgehead atoms. The number of hydrogen-bond acceptors (Lipinski definition) is 5. The van der Waals surface area contributed by atoms with Crippen LogP contribution in [0, 0.1) is 0 Å². The first-order chi connectivity index (χ1) is 15.1. The van der Waals surface area contributed by atoms with Gasteiger partial charge >= 0.3 is 0 Å². The molecule has 4 aromatic rings. The van der Waals surface area contributed by atoms with Gasteiger partial charge in [-0.05, 0) is 42.5 Å². The standard InChI is InChI=1S/C24H23N3O4/c1-29-21-13-23(31-3)22(30-2)12-17(21)14-25-24(28)16-8-10-18(11-9-16)27-15-26-19-6-4-5-7-20(19)27/h4-13,15H,14H2,1-3H3,(H,25,28). The normalized spacial score (nSPS) is 10.7. The Morgan fingerprint density at radius 2 is 1.58 bits per heavy atom. The third kappa shape index (κ3) is 4.02. The molecule has 0 saturated carbocycles. The van der Waals surface area contributed by atoms with Crippen LogP contribution in [-0.4, -0.2) is 36.8 Å². The topological polar surface area (TPSA) is 74.6 Å². The minimum absolute atomic E-state index is 0.182. The van der Waals surface area contributed by atoms with Gasteiger partial charge in [-0.1, -0.05) is 12.1 Å². The molecule has 0 saturated heterocycles. The highest BCUT2D eigenvalue weighted by Crippen LogP contribution is 2.34. The van der Waals surface area contributed by atoms with Crippen LogP contribution in [0.2, 0.25) is 0 Å². The van der Waals surface area contributed by atoms with E-state index < -0.39 is 0 Å². The highest BCUT2D eigenvalue weighted by molar-refractivity contribution is 5.94. The maximum absolute atomic E-state index is 12.7. The molecule has 3 aromatic carbocycles. The van der Waals surface area contributed by atoms with E-state index in [1.807, 2.05) is 41.0 Å². The number of rotatable bonds is 7. The molecule has 31 heavy (non-hydrogen) atoms. The number of hydrogen-bond donors (Lipinski definition) is 1. The van der Waals surface area contributed by atoms with Crippen LogP contribution in [0.4, 0.5) is 0 Å². The van der Waals surface area contributed by atoms with Crippen LogP contribution < -0.4 is 19.5 Å². The largest absolute Gasteiger partial charge is 0.496 e. The van der Waals surface area contributed by atoms with Crippen LogP contribution in [0.1, 0.15) is 15.9 Å². The van der Waals surface area contributed by atoms with Crippen molar-refractivity contribution in [3.05, 3.63) is 78.1 Å². The summed E-state index contributed by atoms with van der Waals surface area (Å²) in [5.74, 6) is 1.57. The number of carbonyl (C=O) groups is 1. The second-order valence-corrected chi connectivity index (χ2v) is 6.85. The Labute approximate surface area is 180 Å². The lowest BCUT2D eigenvalue weighted by Gasteiger charge is -2.14. The number of ether oxygens (including phenoxy) is 3. The van der Waals surface area contributed by atoms with Crippen molar-refractivity contribution in [2.45, 2.75) is 6.54 Å². The molecule has 0 spiro atoms. The van der Waals surface area contributed by atoms with Crippen molar-refractivity contribution in [2.24, 2.45) is 0 Å². The molecule has 1 aromatic heterocycles. The van der Waals surface area contributed by atoms with Gasteiger partial charge in [0.05, 0.1) is 32.4 Å². The van der Waals surface area contributed by atoms with Gasteiger partial charge in [-0.25, -0.2) is 4.98 Å². The Hall–Kier alpha value is -4.00. The minimum atomic E-state index is -0.182. The molecule has 0 unspecified atom stereocenters. The first-order valence-corrected chi connectivity index (χ1v) is 9.74. The number of methoxy groups -OCH3 is 3. The van der Waals surface area contributed by atoms with Crippen LogP contribution in [0.25, 0.3) is 16.7 Å². The van der Waals surface area contributed by atoms with Gasteiger partial charge in [0.25, 0.3) is 5.91 Å². The van der Waals surface area contributed by atoms with E-state index in [0.717, 1.165) is 22.3 Å². The molecule has 0 fully saturated rings. The Kier molecular flexibility index (Phi) is 5.75. The van der Waals surface area contributed by atoms with E-state index in [0.29, 0.717) is 22.8 Å². The first kappa shape index (κ1) is 20.3. The molecule has 0 aliphatic rings. The molecule has 0 atom stereocenters. The van der Waals surface area contributed by atoms with Gasteiger partial charge in [-0.2, -0.15) is 0 Å². The van der Waals surface area contributed by atoms with E-state index in [4.69, 9.17) is 14.2 Å². The quantitative estimate of drug-likeness (QED) is 0.492. The number of benzene rings is 3. The molecule has 0 aliphatic heterocycles. The smallest absolute Gasteiger partial charge is 0.251 e. The molecule has 7 heteroatoms. The molecule has 158 valence electrons. The summed E-state index contributed by atoms with van der Waals surface area (Å²) in [6.45, 7) is 0.288. The van der Waals surface area contributed by atoms with Crippen LogP contribution in [-0.2, 0) is 6.54 Å². The van der Waals surface area contributed by atoms with Crippen LogP contribution >= 0.6 is 0 Å². The van der Waals surface area contributed by atoms with Gasteiger partial charge in [0.15, 0.2) is 11.5 Å². The Morgan fingerprint density at radius 1 is 0.903 bits per heavy atom. The van der Waals surface area contributed by atoms with Gasteiger partial charge in [0.2, 0.25) is 0 Å². The van der Waals surface area contributed by atoms with Gasteiger partial charge in [0.1, 0.15) is 12.1 Å². The zero-order chi connectivity index (χ0) is 21.8. The van der Waals surface area contributed by atoms with E-state index in [1.165, 1.54) is 0 Å². The highest BCUT2D eigenvalue weighted by Gasteiger charge is 2.14. The maximum Gasteiger partial charge on any atom is 0.251 e. The number of imidazole rings is 1. The molecular weight excluding hydrogens is 394 g/mol. The Balaban J connectivity index is 1.50. The summed E-state index contributed by atoms with van der Waals surface area (Å²) >= 11 is 0. The molecule has 0 radical (unpaired) electrons. The SMILES string of the molecule is COc1cc(OC)c(OC)cc1CNC(=O)c1ccc(-n2cnc3ccccc32)cc1. The van der Waals surface area contributed by atoms with E-state index in [-0.39, 0.29) is 12.5 Å². The van der Waals surface area contributed by atoms with E-state index in [9.17, 15) is 4.79 Å². The van der Waals surface area contributed by atoms with Crippen molar-refractivity contribution in [3.63, 3.8) is 0 Å². The second-order valence-electron chi connectivity index (χ2n) is 6.85. The summed E-state index contributed by atoms with van der Waals surface area (Å²) in [6.07, 6.45) is 1.78. The van der Waals surface area contributed by atoms with Crippen molar-refractivity contribution >= 4 is 16.9 Å². The number of nitrogens with one attached hydrogen (secondary N) is 1. The summed E-state index contributed by atoms with van der Waals surface area (Å²) in [4.78, 5) is 17.1. The van der Waals surface area contributed by atoms with Crippen molar-refractivity contribution in [1.82, 2.24) is 14.9 Å². The van der Waals surface area contributed by atoms with Gasteiger partial charge in [0, 0.05) is 29.4 Å². The molecule has 7 nitrogen and oxygen atoms in total. The van der Waals surface area contributed by atoms with Crippen molar-refractivity contribution in [2.75, 3.05) is 21.3 Å². The second kappa shape index (κ2) is 8.79. The summed E-state index contributed by atoms with van der Waals surface area (Å²) in [7, 11) is 4.71. The highest BCUT2D eigenvalue weighted by atomic mass is 16.5. The minimum Gasteiger partial charge on any atom is -0.496 e. The van der Waals surface area contributed by atoms with Crippen LogP contribution in [0.5, 0.6) is 17.2 Å². The summed E-state index contributed by atoms with van der Waals surface area (Å²) in [5, 5.41) is 2.93. The molecule has 1 N–H and O–H groups in total. The molecule has 0 aliphatic carbocycles. The maximum atomic E-state index is 12.7. The average Bonchev–Trinajstić information content (AvgIpc) is 3.26. The molecule has 1 heterocycles. The molecule has 1 amide bonds. The lowest BCUT2D eigenvalue weighted by atomic mass is 10.1. The fourth-order valence-corrected chi connectivity index (χ4v) is 3.45. The Morgan fingerprint density at radius 3 is 2.29 bits per heavy atom. The predicted molar refractivity (Wildman–Crippen MR) is 118 cm³/mol. The van der Waals surface area contributed by atoms with E-state index in [2.05, 4.69) is 10.3 Å². The predicted octanol–water partition coefficient (Wildman–Crippen LogP) is 3.98. The average molecular weight is 417 g/mol. The zero-order valence-electron chi connectivity index (χ0n) is 17.6. The fraction of sp³-hybridized carbons (Fsp3) is 0.167. The van der Waals surface area contributed by atoms with Gasteiger partial charge < -0.3 is 19.5 Å². The third-order valence-corrected chi connectivity index (χ3v) is 5.09. The van der Waals surface area contributed by atoms with Gasteiger partial charge in [-0.3, -0.25) is 9.36 Å².